The molecule has 0 amide bonds. The molecule has 0 unspecified atom stereocenters. The predicted molar refractivity (Wildman–Crippen MR) is 71.5 cm³/mol. The first-order valence-corrected chi connectivity index (χ1v) is 6.29. The first kappa shape index (κ1) is 13.3. The maximum atomic E-state index is 13.0. The van der Waals surface area contributed by atoms with Gasteiger partial charge in [0.1, 0.15) is 17.3 Å². The molecule has 0 heterocycles. The molecule has 0 saturated carbocycles. The fourth-order valence-electron chi connectivity index (χ4n) is 1.45. The summed E-state index contributed by atoms with van der Waals surface area (Å²) in [7, 11) is 0. The third kappa shape index (κ3) is 3.02. The number of ether oxygens (including phenoxy) is 1. The molecule has 0 bridgehead atoms. The van der Waals surface area contributed by atoms with Crippen molar-refractivity contribution >= 4 is 27.5 Å². The summed E-state index contributed by atoms with van der Waals surface area (Å²) in [5.41, 5.74) is 0.367. The number of hydrogen-bond donors (Lipinski definition) is 1. The van der Waals surface area contributed by atoms with E-state index in [-0.39, 0.29) is 6.61 Å². The van der Waals surface area contributed by atoms with Gasteiger partial charge in [-0.3, -0.25) is 0 Å². The van der Waals surface area contributed by atoms with Crippen LogP contribution in [0.15, 0.2) is 40.9 Å². The molecular weight excluding hydrogens is 322 g/mol. The number of aliphatic hydroxyl groups excluding tert-OH is 1. The van der Waals surface area contributed by atoms with Crippen molar-refractivity contribution in [2.45, 2.75) is 6.61 Å². The van der Waals surface area contributed by atoms with Crippen LogP contribution in [0.4, 0.5) is 4.39 Å². The Morgan fingerprint density at radius 2 is 1.94 bits per heavy atom. The molecule has 0 aliphatic rings. The zero-order valence-corrected chi connectivity index (χ0v) is 11.5. The van der Waals surface area contributed by atoms with Gasteiger partial charge in [-0.15, -0.1) is 0 Å². The number of halogens is 3. The van der Waals surface area contributed by atoms with E-state index in [2.05, 4.69) is 15.9 Å². The van der Waals surface area contributed by atoms with Crippen LogP contribution in [-0.4, -0.2) is 5.11 Å². The second kappa shape index (κ2) is 5.69. The molecule has 94 valence electrons. The second-order valence-electron chi connectivity index (χ2n) is 3.59. The van der Waals surface area contributed by atoms with Crippen molar-refractivity contribution in [2.24, 2.45) is 0 Å². The maximum Gasteiger partial charge on any atom is 0.147 e. The minimum Gasteiger partial charge on any atom is -0.455 e. The quantitative estimate of drug-likeness (QED) is 0.895. The average Bonchev–Trinajstić information content (AvgIpc) is 2.36. The van der Waals surface area contributed by atoms with Crippen molar-refractivity contribution in [1.82, 2.24) is 0 Å². The van der Waals surface area contributed by atoms with Crippen LogP contribution < -0.4 is 4.74 Å². The summed E-state index contributed by atoms with van der Waals surface area (Å²) in [6.45, 7) is -0.307. The minimum absolute atomic E-state index is 0.307. The summed E-state index contributed by atoms with van der Waals surface area (Å²) in [6.07, 6.45) is 0. The van der Waals surface area contributed by atoms with E-state index in [1.807, 2.05) is 0 Å². The highest BCUT2D eigenvalue weighted by Crippen LogP contribution is 2.33. The van der Waals surface area contributed by atoms with Gasteiger partial charge in [-0.25, -0.2) is 4.39 Å². The molecule has 2 nitrogen and oxygen atoms in total. The van der Waals surface area contributed by atoms with Gasteiger partial charge in [-0.1, -0.05) is 27.5 Å². The summed E-state index contributed by atoms with van der Waals surface area (Å²) < 4.78 is 19.4. The molecule has 0 aromatic heterocycles. The zero-order valence-electron chi connectivity index (χ0n) is 9.16. The van der Waals surface area contributed by atoms with Gasteiger partial charge < -0.3 is 9.84 Å². The highest BCUT2D eigenvalue weighted by molar-refractivity contribution is 9.10. The van der Waals surface area contributed by atoms with Crippen molar-refractivity contribution in [1.29, 1.82) is 0 Å². The largest absolute Gasteiger partial charge is 0.455 e. The van der Waals surface area contributed by atoms with E-state index in [4.69, 9.17) is 21.4 Å². The number of hydrogen-bond acceptors (Lipinski definition) is 2. The Labute approximate surface area is 117 Å². The lowest BCUT2D eigenvalue weighted by atomic mass is 10.2. The van der Waals surface area contributed by atoms with Gasteiger partial charge in [-0.2, -0.15) is 0 Å². The second-order valence-corrected chi connectivity index (χ2v) is 4.91. The van der Waals surface area contributed by atoms with Crippen molar-refractivity contribution in [2.75, 3.05) is 0 Å². The third-order valence-corrected chi connectivity index (χ3v) is 3.11. The molecule has 18 heavy (non-hydrogen) atoms. The number of benzene rings is 2. The van der Waals surface area contributed by atoms with Crippen molar-refractivity contribution in [3.8, 4) is 11.5 Å². The lowest BCUT2D eigenvalue weighted by molar-refractivity contribution is 0.276. The number of aliphatic hydroxyl groups is 1. The third-order valence-electron chi connectivity index (χ3n) is 2.31. The van der Waals surface area contributed by atoms with Gasteiger partial charge in [0.2, 0.25) is 0 Å². The van der Waals surface area contributed by atoms with E-state index in [1.54, 1.807) is 18.2 Å². The normalized spacial score (nSPS) is 10.4. The molecule has 2 aromatic carbocycles. The predicted octanol–water partition coefficient (Wildman–Crippen LogP) is 4.53. The molecule has 2 aromatic rings. The molecule has 0 saturated heterocycles. The highest BCUT2D eigenvalue weighted by Gasteiger charge is 2.09. The van der Waals surface area contributed by atoms with Gasteiger partial charge in [0.05, 0.1) is 11.6 Å². The van der Waals surface area contributed by atoms with Crippen LogP contribution in [0.1, 0.15) is 5.56 Å². The summed E-state index contributed by atoms with van der Waals surface area (Å²) in [6, 6.07) is 9.11. The molecule has 0 atom stereocenters. The molecule has 0 aliphatic heterocycles. The lowest BCUT2D eigenvalue weighted by Crippen LogP contribution is -1.93. The minimum atomic E-state index is -0.424. The Kier molecular flexibility index (Phi) is 4.22. The van der Waals surface area contributed by atoms with Gasteiger partial charge >= 0.3 is 0 Å². The molecule has 5 heteroatoms. The summed E-state index contributed by atoms with van der Waals surface area (Å²) >= 11 is 9.30. The monoisotopic (exact) mass is 330 g/mol. The fourth-order valence-corrected chi connectivity index (χ4v) is 1.94. The van der Waals surface area contributed by atoms with E-state index in [1.165, 1.54) is 18.2 Å². The molecule has 0 aliphatic carbocycles. The van der Waals surface area contributed by atoms with Crippen LogP contribution in [-0.2, 0) is 6.61 Å². The molecule has 0 spiro atoms. The average molecular weight is 332 g/mol. The Balaban J connectivity index is 2.36. The standard InChI is InChI=1S/C13H9BrClFO2/c14-9-1-3-11(15)13(6-9)18-12-4-2-10(16)5-8(12)7-17/h1-6,17H,7H2. The lowest BCUT2D eigenvalue weighted by Gasteiger charge is -2.11. The van der Waals surface area contributed by atoms with Crippen molar-refractivity contribution in [3.05, 3.63) is 57.3 Å². The smallest absolute Gasteiger partial charge is 0.147 e. The van der Waals surface area contributed by atoms with Gasteiger partial charge in [0.25, 0.3) is 0 Å². The van der Waals surface area contributed by atoms with Crippen LogP contribution in [0.3, 0.4) is 0 Å². The SMILES string of the molecule is OCc1cc(F)ccc1Oc1cc(Br)ccc1Cl. The Morgan fingerprint density at radius 1 is 1.17 bits per heavy atom. The van der Waals surface area contributed by atoms with Gasteiger partial charge in [0.15, 0.2) is 0 Å². The molecular formula is C13H9BrClFO2. The summed E-state index contributed by atoms with van der Waals surface area (Å²) in [4.78, 5) is 0. The van der Waals surface area contributed by atoms with Crippen LogP contribution >= 0.6 is 27.5 Å². The first-order valence-electron chi connectivity index (χ1n) is 5.12. The van der Waals surface area contributed by atoms with E-state index in [0.717, 1.165) is 4.47 Å². The fraction of sp³-hybridized carbons (Fsp3) is 0.0769. The van der Waals surface area contributed by atoms with E-state index in [0.29, 0.717) is 22.1 Å². The summed E-state index contributed by atoms with van der Waals surface area (Å²) in [5, 5.41) is 9.59. The van der Waals surface area contributed by atoms with E-state index in [9.17, 15) is 4.39 Å². The van der Waals surface area contributed by atoms with Gasteiger partial charge in [-0.05, 0) is 36.4 Å². The highest BCUT2D eigenvalue weighted by atomic mass is 79.9. The summed E-state index contributed by atoms with van der Waals surface area (Å²) in [5.74, 6) is 0.387. The topological polar surface area (TPSA) is 29.5 Å². The van der Waals surface area contributed by atoms with E-state index >= 15 is 0 Å². The van der Waals surface area contributed by atoms with Crippen molar-refractivity contribution < 1.29 is 14.2 Å². The first-order chi connectivity index (χ1) is 8.60. The van der Waals surface area contributed by atoms with Crippen molar-refractivity contribution in [3.63, 3.8) is 0 Å². The molecule has 0 fully saturated rings. The maximum absolute atomic E-state index is 13.0. The number of rotatable bonds is 3. The molecule has 1 N–H and O–H groups in total. The Hall–Kier alpha value is -1.10. The zero-order chi connectivity index (χ0) is 13.1. The molecule has 0 radical (unpaired) electrons. The Morgan fingerprint density at radius 3 is 2.67 bits per heavy atom. The van der Waals surface area contributed by atoms with Crippen LogP contribution in [0.25, 0.3) is 0 Å². The van der Waals surface area contributed by atoms with Crippen LogP contribution in [0.5, 0.6) is 11.5 Å². The van der Waals surface area contributed by atoms with Crippen LogP contribution in [0, 0.1) is 5.82 Å². The molecule has 2 rings (SSSR count). The van der Waals surface area contributed by atoms with Gasteiger partial charge in [0, 0.05) is 10.0 Å². The van der Waals surface area contributed by atoms with E-state index < -0.39 is 5.82 Å². The Bertz CT molecular complexity index is 575. The van der Waals surface area contributed by atoms with Crippen LogP contribution in [0.2, 0.25) is 5.02 Å².